The number of hydrazine groups is 1. The molecule has 2 heterocycles. The van der Waals surface area contributed by atoms with Crippen LogP contribution in [0, 0.1) is 13.8 Å². The molecule has 0 radical (unpaired) electrons. The van der Waals surface area contributed by atoms with Gasteiger partial charge in [0.2, 0.25) is 5.91 Å². The summed E-state index contributed by atoms with van der Waals surface area (Å²) < 4.78 is 7.42. The molecule has 8 heteroatoms. The minimum Gasteiger partial charge on any atom is -0.454 e. The number of hydrogen-bond acceptors (Lipinski definition) is 5. The first-order valence-electron chi connectivity index (χ1n) is 10.4. The monoisotopic (exact) mass is 423 g/mol. The number of nitrogens with zero attached hydrogens (tertiary/aromatic N) is 3. The van der Waals surface area contributed by atoms with E-state index in [0.29, 0.717) is 12.3 Å². The summed E-state index contributed by atoms with van der Waals surface area (Å²) in [7, 11) is 0. The molecule has 3 rings (SSSR count). The lowest BCUT2D eigenvalue weighted by Gasteiger charge is -2.15. The van der Waals surface area contributed by atoms with Crippen molar-refractivity contribution in [2.45, 2.75) is 40.7 Å². The van der Waals surface area contributed by atoms with Crippen molar-refractivity contribution < 1.29 is 14.0 Å². The summed E-state index contributed by atoms with van der Waals surface area (Å²) in [5, 5.41) is 4.55. The summed E-state index contributed by atoms with van der Waals surface area (Å²) in [6.45, 7) is 10.4. The van der Waals surface area contributed by atoms with Crippen molar-refractivity contribution in [2.75, 3.05) is 13.1 Å². The molecule has 31 heavy (non-hydrogen) atoms. The third-order valence-corrected chi connectivity index (χ3v) is 5.25. The summed E-state index contributed by atoms with van der Waals surface area (Å²) >= 11 is 0. The maximum absolute atomic E-state index is 12.4. The summed E-state index contributed by atoms with van der Waals surface area (Å²) in [6, 6.07) is 13.1. The van der Waals surface area contributed by atoms with Gasteiger partial charge in [-0.1, -0.05) is 32.0 Å². The maximum atomic E-state index is 12.4. The van der Waals surface area contributed by atoms with E-state index in [1.165, 1.54) is 0 Å². The fourth-order valence-corrected chi connectivity index (χ4v) is 3.40. The number of carbonyl (C=O) groups excluding carboxylic acids is 2. The zero-order chi connectivity index (χ0) is 22.4. The molecule has 0 aliphatic rings. The first kappa shape index (κ1) is 22.3. The fraction of sp³-hybridized carbons (Fsp3) is 0.348. The van der Waals surface area contributed by atoms with Gasteiger partial charge in [0.1, 0.15) is 5.76 Å². The van der Waals surface area contributed by atoms with Crippen LogP contribution in [-0.2, 0) is 17.8 Å². The Morgan fingerprint density at radius 1 is 1.03 bits per heavy atom. The third-order valence-electron chi connectivity index (χ3n) is 5.25. The van der Waals surface area contributed by atoms with Crippen LogP contribution in [0.1, 0.15) is 47.1 Å². The Hall–Kier alpha value is -3.39. The van der Waals surface area contributed by atoms with Crippen LogP contribution in [0.25, 0.3) is 5.69 Å². The summed E-state index contributed by atoms with van der Waals surface area (Å²) in [6.07, 6.45) is 0.107. The van der Waals surface area contributed by atoms with E-state index in [1.807, 2.05) is 48.9 Å². The average Bonchev–Trinajstić information content (AvgIpc) is 3.36. The molecule has 164 valence electrons. The number of benzene rings is 1. The van der Waals surface area contributed by atoms with Gasteiger partial charge in [-0.25, -0.2) is 4.68 Å². The molecule has 0 unspecified atom stereocenters. The molecule has 0 fully saturated rings. The second kappa shape index (κ2) is 10.1. The molecule has 2 amide bonds. The van der Waals surface area contributed by atoms with Crippen LogP contribution >= 0.6 is 0 Å². The van der Waals surface area contributed by atoms with Crippen molar-refractivity contribution in [3.8, 4) is 5.69 Å². The average molecular weight is 424 g/mol. The lowest BCUT2D eigenvalue weighted by molar-refractivity contribution is -0.121. The number of carbonyl (C=O) groups is 2. The Bertz CT molecular complexity index is 1030. The molecule has 0 saturated heterocycles. The minimum atomic E-state index is -0.493. The summed E-state index contributed by atoms with van der Waals surface area (Å²) in [4.78, 5) is 26.9. The molecule has 2 aromatic heterocycles. The highest BCUT2D eigenvalue weighted by Gasteiger charge is 2.17. The van der Waals surface area contributed by atoms with E-state index in [0.717, 1.165) is 35.7 Å². The molecule has 0 saturated carbocycles. The highest BCUT2D eigenvalue weighted by atomic mass is 16.4. The van der Waals surface area contributed by atoms with E-state index < -0.39 is 5.91 Å². The Kier molecular flexibility index (Phi) is 7.25. The Morgan fingerprint density at radius 2 is 1.74 bits per heavy atom. The smallest absolute Gasteiger partial charge is 0.305 e. The Labute approximate surface area is 182 Å². The normalized spacial score (nSPS) is 11.0. The van der Waals surface area contributed by atoms with Crippen LogP contribution in [0.15, 0.2) is 46.9 Å². The zero-order valence-electron chi connectivity index (χ0n) is 18.4. The van der Waals surface area contributed by atoms with E-state index in [9.17, 15) is 9.59 Å². The Morgan fingerprint density at radius 3 is 2.42 bits per heavy atom. The summed E-state index contributed by atoms with van der Waals surface area (Å²) in [5.74, 6) is 0.0427. The molecular formula is C23H29N5O3. The van der Waals surface area contributed by atoms with Crippen molar-refractivity contribution in [3.63, 3.8) is 0 Å². The van der Waals surface area contributed by atoms with Gasteiger partial charge in [-0.05, 0) is 51.2 Å². The van der Waals surface area contributed by atoms with Crippen LogP contribution in [0.5, 0.6) is 0 Å². The molecule has 8 nitrogen and oxygen atoms in total. The van der Waals surface area contributed by atoms with Gasteiger partial charge in [-0.3, -0.25) is 25.3 Å². The molecule has 0 aliphatic carbocycles. The SMILES string of the molecule is CCN(CC)Cc1ccc(C(=O)NNC(=O)Cc2c(C)nn(-c3ccccc3)c2C)o1. The molecule has 1 aromatic carbocycles. The number of hydrogen-bond donors (Lipinski definition) is 2. The highest BCUT2D eigenvalue weighted by molar-refractivity contribution is 5.93. The zero-order valence-corrected chi connectivity index (χ0v) is 18.4. The minimum absolute atomic E-state index is 0.107. The fourth-order valence-electron chi connectivity index (χ4n) is 3.40. The van der Waals surface area contributed by atoms with Crippen molar-refractivity contribution in [2.24, 2.45) is 0 Å². The van der Waals surface area contributed by atoms with Crippen LogP contribution in [0.3, 0.4) is 0 Å². The topological polar surface area (TPSA) is 92.4 Å². The number of rotatable bonds is 8. The van der Waals surface area contributed by atoms with Gasteiger partial charge in [0.25, 0.3) is 0 Å². The third kappa shape index (κ3) is 5.40. The largest absolute Gasteiger partial charge is 0.454 e. The second-order valence-electron chi connectivity index (χ2n) is 7.30. The number of amides is 2. The predicted octanol–water partition coefficient (Wildman–Crippen LogP) is 2.93. The van der Waals surface area contributed by atoms with Crippen molar-refractivity contribution >= 4 is 11.8 Å². The van der Waals surface area contributed by atoms with Gasteiger partial charge >= 0.3 is 5.91 Å². The molecule has 0 spiro atoms. The molecule has 0 atom stereocenters. The molecule has 0 bridgehead atoms. The Balaban J connectivity index is 1.58. The van der Waals surface area contributed by atoms with E-state index in [2.05, 4.69) is 34.7 Å². The van der Waals surface area contributed by atoms with Crippen LogP contribution in [0.2, 0.25) is 0 Å². The van der Waals surface area contributed by atoms with E-state index in [1.54, 1.807) is 12.1 Å². The van der Waals surface area contributed by atoms with Gasteiger partial charge in [-0.15, -0.1) is 0 Å². The van der Waals surface area contributed by atoms with Gasteiger partial charge in [-0.2, -0.15) is 5.10 Å². The number of aromatic nitrogens is 2. The van der Waals surface area contributed by atoms with Crippen molar-refractivity contribution in [1.82, 2.24) is 25.5 Å². The number of furan rings is 1. The molecule has 3 aromatic rings. The number of nitrogens with one attached hydrogen (secondary N) is 2. The van der Waals surface area contributed by atoms with Gasteiger partial charge in [0.05, 0.1) is 24.3 Å². The lowest BCUT2D eigenvalue weighted by atomic mass is 10.1. The standard InChI is InChI=1S/C23H29N5O3/c1-5-27(6-2)15-19-12-13-21(31-19)23(30)25-24-22(29)14-20-16(3)26-28(17(20)4)18-10-8-7-9-11-18/h7-13H,5-6,14-15H2,1-4H3,(H,24,29)(H,25,30). The highest BCUT2D eigenvalue weighted by Crippen LogP contribution is 2.18. The van der Waals surface area contributed by atoms with Crippen molar-refractivity contribution in [3.05, 3.63) is 70.9 Å². The first-order valence-corrected chi connectivity index (χ1v) is 10.4. The summed E-state index contributed by atoms with van der Waals surface area (Å²) in [5.41, 5.74) is 8.30. The maximum Gasteiger partial charge on any atom is 0.305 e. The van der Waals surface area contributed by atoms with Crippen LogP contribution in [-0.4, -0.2) is 39.6 Å². The van der Waals surface area contributed by atoms with Gasteiger partial charge in [0.15, 0.2) is 5.76 Å². The quantitative estimate of drug-likeness (QED) is 0.544. The van der Waals surface area contributed by atoms with Gasteiger partial charge < -0.3 is 4.42 Å². The first-order chi connectivity index (χ1) is 14.9. The van der Waals surface area contributed by atoms with E-state index in [4.69, 9.17) is 4.42 Å². The lowest BCUT2D eigenvalue weighted by Crippen LogP contribution is -2.42. The van der Waals surface area contributed by atoms with E-state index >= 15 is 0 Å². The molecular weight excluding hydrogens is 394 g/mol. The van der Waals surface area contributed by atoms with Crippen LogP contribution in [0.4, 0.5) is 0 Å². The second-order valence-corrected chi connectivity index (χ2v) is 7.30. The van der Waals surface area contributed by atoms with Crippen molar-refractivity contribution in [1.29, 1.82) is 0 Å². The van der Waals surface area contributed by atoms with E-state index in [-0.39, 0.29) is 18.1 Å². The molecule has 2 N–H and O–H groups in total. The van der Waals surface area contributed by atoms with Gasteiger partial charge in [0, 0.05) is 11.3 Å². The predicted molar refractivity (Wildman–Crippen MR) is 118 cm³/mol. The number of para-hydroxylation sites is 1. The molecule has 0 aliphatic heterocycles. The number of aryl methyl sites for hydroxylation is 1. The van der Waals surface area contributed by atoms with Crippen LogP contribution < -0.4 is 10.9 Å².